The minimum absolute atomic E-state index is 0.0912. The fraction of sp³-hybridized carbons (Fsp3) is 0.364. The average molecular weight is 195 g/mol. The molecule has 0 unspecified atom stereocenters. The zero-order valence-corrected chi connectivity index (χ0v) is 8.21. The Kier molecular flexibility index (Phi) is 2.12. The van der Waals surface area contributed by atoms with E-state index in [1.807, 2.05) is 18.2 Å². The Morgan fingerprint density at radius 3 is 3.00 bits per heavy atom. The van der Waals surface area contributed by atoms with Crippen LogP contribution in [0.15, 0.2) is 34.9 Å². The highest BCUT2D eigenvalue weighted by molar-refractivity contribution is 6.44. The Hall–Kier alpha value is -0.820. The summed E-state index contributed by atoms with van der Waals surface area (Å²) < 4.78 is 0. The lowest BCUT2D eigenvalue weighted by Gasteiger charge is -2.14. The molecule has 0 radical (unpaired) electrons. The van der Waals surface area contributed by atoms with Gasteiger partial charge in [0.15, 0.2) is 5.78 Å². The molecule has 2 aliphatic carbocycles. The van der Waals surface area contributed by atoms with E-state index in [9.17, 15) is 4.79 Å². The fourth-order valence-electron chi connectivity index (χ4n) is 1.92. The third kappa shape index (κ3) is 1.37. The van der Waals surface area contributed by atoms with Crippen LogP contribution in [-0.4, -0.2) is 5.78 Å². The first-order valence-corrected chi connectivity index (χ1v) is 4.85. The number of ketones is 1. The SMILES string of the molecule is C[C@H]1C=CC=CC2=C(Cl)C(=O)C[C@H]21. The number of hydrogen-bond donors (Lipinski definition) is 0. The van der Waals surface area contributed by atoms with Crippen molar-refractivity contribution in [3.8, 4) is 0 Å². The van der Waals surface area contributed by atoms with Gasteiger partial charge in [0.05, 0.1) is 5.03 Å². The van der Waals surface area contributed by atoms with Crippen LogP contribution in [0.2, 0.25) is 0 Å². The highest BCUT2D eigenvalue weighted by Crippen LogP contribution is 2.38. The van der Waals surface area contributed by atoms with E-state index in [2.05, 4.69) is 13.0 Å². The van der Waals surface area contributed by atoms with E-state index in [0.29, 0.717) is 23.3 Å². The van der Waals surface area contributed by atoms with E-state index in [4.69, 9.17) is 11.6 Å². The summed E-state index contributed by atoms with van der Waals surface area (Å²) in [5, 5.41) is 0.441. The minimum atomic E-state index is 0.0912. The summed E-state index contributed by atoms with van der Waals surface area (Å²) in [5.41, 5.74) is 1.02. The second-order valence-electron chi connectivity index (χ2n) is 3.61. The average Bonchev–Trinajstić information content (AvgIpc) is 2.30. The lowest BCUT2D eigenvalue weighted by atomic mass is 9.89. The van der Waals surface area contributed by atoms with Crippen molar-refractivity contribution in [2.45, 2.75) is 13.3 Å². The van der Waals surface area contributed by atoms with Crippen LogP contribution in [0.5, 0.6) is 0 Å². The normalized spacial score (nSPS) is 32.3. The van der Waals surface area contributed by atoms with E-state index < -0.39 is 0 Å². The van der Waals surface area contributed by atoms with Crippen LogP contribution in [0.1, 0.15) is 13.3 Å². The molecule has 0 aliphatic heterocycles. The molecular formula is C11H11ClO. The molecule has 0 spiro atoms. The molecule has 2 aliphatic rings. The quantitative estimate of drug-likeness (QED) is 0.580. The Morgan fingerprint density at radius 2 is 2.23 bits per heavy atom. The van der Waals surface area contributed by atoms with Gasteiger partial charge in [0.2, 0.25) is 0 Å². The van der Waals surface area contributed by atoms with Gasteiger partial charge in [0.25, 0.3) is 0 Å². The molecule has 0 heterocycles. The summed E-state index contributed by atoms with van der Waals surface area (Å²) >= 11 is 5.93. The first-order valence-electron chi connectivity index (χ1n) is 4.48. The molecular weight excluding hydrogens is 184 g/mol. The number of hydrogen-bond acceptors (Lipinski definition) is 1. The molecule has 13 heavy (non-hydrogen) atoms. The van der Waals surface area contributed by atoms with Crippen LogP contribution in [0.3, 0.4) is 0 Å². The molecule has 0 saturated carbocycles. The van der Waals surface area contributed by atoms with Crippen LogP contribution in [0.25, 0.3) is 0 Å². The van der Waals surface area contributed by atoms with Gasteiger partial charge in [-0.05, 0) is 17.4 Å². The molecule has 2 rings (SSSR count). The smallest absolute Gasteiger partial charge is 0.175 e. The van der Waals surface area contributed by atoms with E-state index in [1.165, 1.54) is 0 Å². The largest absolute Gasteiger partial charge is 0.293 e. The molecule has 0 bridgehead atoms. The Bertz CT molecular complexity index is 336. The zero-order valence-electron chi connectivity index (χ0n) is 7.46. The maximum absolute atomic E-state index is 11.4. The molecule has 0 fully saturated rings. The van der Waals surface area contributed by atoms with Gasteiger partial charge in [0.1, 0.15) is 0 Å². The first-order chi connectivity index (χ1) is 6.20. The first kappa shape index (κ1) is 8.76. The molecule has 0 aromatic heterocycles. The van der Waals surface area contributed by atoms with Crippen LogP contribution in [0, 0.1) is 11.8 Å². The van der Waals surface area contributed by atoms with Crippen molar-refractivity contribution >= 4 is 17.4 Å². The van der Waals surface area contributed by atoms with Gasteiger partial charge in [-0.2, -0.15) is 0 Å². The van der Waals surface area contributed by atoms with E-state index in [1.54, 1.807) is 0 Å². The molecule has 0 N–H and O–H groups in total. The van der Waals surface area contributed by atoms with Crippen molar-refractivity contribution in [3.05, 3.63) is 34.9 Å². The third-order valence-corrected chi connectivity index (χ3v) is 3.17. The van der Waals surface area contributed by atoms with Gasteiger partial charge in [-0.3, -0.25) is 4.79 Å². The van der Waals surface area contributed by atoms with Gasteiger partial charge < -0.3 is 0 Å². The number of Topliss-reactive ketones (excluding diaryl/α,β-unsaturated/α-hetero) is 1. The van der Waals surface area contributed by atoms with Gasteiger partial charge in [-0.15, -0.1) is 0 Å². The van der Waals surface area contributed by atoms with Gasteiger partial charge in [0, 0.05) is 6.42 Å². The minimum Gasteiger partial charge on any atom is -0.293 e. The summed E-state index contributed by atoms with van der Waals surface area (Å²) in [6.45, 7) is 2.12. The molecule has 0 aromatic rings. The zero-order chi connectivity index (χ0) is 9.42. The Balaban J connectivity index is 2.44. The number of carbonyl (C=O) groups excluding carboxylic acids is 1. The summed E-state index contributed by atoms with van der Waals surface area (Å²) in [7, 11) is 0. The summed E-state index contributed by atoms with van der Waals surface area (Å²) in [5.74, 6) is 0.800. The molecule has 2 heteroatoms. The molecule has 2 atom stereocenters. The topological polar surface area (TPSA) is 17.1 Å². The van der Waals surface area contributed by atoms with Crippen molar-refractivity contribution < 1.29 is 4.79 Å². The molecule has 0 aromatic carbocycles. The van der Waals surface area contributed by atoms with Crippen molar-refractivity contribution in [2.75, 3.05) is 0 Å². The van der Waals surface area contributed by atoms with Crippen molar-refractivity contribution in [2.24, 2.45) is 11.8 Å². The third-order valence-electron chi connectivity index (χ3n) is 2.74. The highest BCUT2D eigenvalue weighted by atomic mass is 35.5. The standard InChI is InChI=1S/C11H11ClO/c1-7-4-2-3-5-8-9(7)6-10(13)11(8)12/h2-5,7,9H,6H2,1H3/t7-,9-/m0/s1. The molecule has 0 saturated heterocycles. The van der Waals surface area contributed by atoms with E-state index in [-0.39, 0.29) is 5.78 Å². The number of carbonyl (C=O) groups is 1. The monoisotopic (exact) mass is 194 g/mol. The van der Waals surface area contributed by atoms with Gasteiger partial charge in [-0.25, -0.2) is 0 Å². The number of halogens is 1. The van der Waals surface area contributed by atoms with Crippen molar-refractivity contribution in [3.63, 3.8) is 0 Å². The lowest BCUT2D eigenvalue weighted by molar-refractivity contribution is -0.114. The number of allylic oxidation sites excluding steroid dienone is 6. The van der Waals surface area contributed by atoms with Crippen molar-refractivity contribution in [1.29, 1.82) is 0 Å². The summed E-state index contributed by atoms with van der Waals surface area (Å²) in [4.78, 5) is 11.4. The predicted molar refractivity (Wildman–Crippen MR) is 53.4 cm³/mol. The van der Waals surface area contributed by atoms with E-state index in [0.717, 1.165) is 5.57 Å². The van der Waals surface area contributed by atoms with E-state index >= 15 is 0 Å². The second kappa shape index (κ2) is 3.15. The summed E-state index contributed by atoms with van der Waals surface area (Å²) in [6.07, 6.45) is 8.62. The maximum Gasteiger partial charge on any atom is 0.175 e. The molecule has 68 valence electrons. The molecule has 0 amide bonds. The van der Waals surface area contributed by atoms with Crippen LogP contribution < -0.4 is 0 Å². The van der Waals surface area contributed by atoms with Crippen LogP contribution in [0.4, 0.5) is 0 Å². The second-order valence-corrected chi connectivity index (χ2v) is 3.98. The lowest BCUT2D eigenvalue weighted by Crippen LogP contribution is -2.08. The van der Waals surface area contributed by atoms with Gasteiger partial charge >= 0.3 is 0 Å². The maximum atomic E-state index is 11.4. The van der Waals surface area contributed by atoms with Crippen LogP contribution in [-0.2, 0) is 4.79 Å². The number of rotatable bonds is 0. The number of fused-ring (bicyclic) bond motifs is 1. The fourth-order valence-corrected chi connectivity index (χ4v) is 2.20. The Labute approximate surface area is 82.8 Å². The van der Waals surface area contributed by atoms with Crippen LogP contribution >= 0.6 is 11.6 Å². The summed E-state index contributed by atoms with van der Waals surface area (Å²) in [6, 6.07) is 0. The Morgan fingerprint density at radius 1 is 1.46 bits per heavy atom. The predicted octanol–water partition coefficient (Wildman–Crippen LogP) is 2.83. The van der Waals surface area contributed by atoms with Gasteiger partial charge in [-0.1, -0.05) is 42.8 Å². The molecule has 1 nitrogen and oxygen atoms in total. The van der Waals surface area contributed by atoms with Crippen molar-refractivity contribution in [1.82, 2.24) is 0 Å². The highest BCUT2D eigenvalue weighted by Gasteiger charge is 2.32.